The molecule has 0 saturated heterocycles. The Bertz CT molecular complexity index is 825. The number of nitrogens with one attached hydrogen (secondary N) is 2. The highest BCUT2D eigenvalue weighted by atomic mass is 35.5. The molecule has 0 amide bonds. The van der Waals surface area contributed by atoms with Gasteiger partial charge in [-0.05, 0) is 54.3 Å². The summed E-state index contributed by atoms with van der Waals surface area (Å²) in [5.41, 5.74) is 3.31. The van der Waals surface area contributed by atoms with Gasteiger partial charge in [-0.1, -0.05) is 41.9 Å². The number of rotatable bonds is 7. The summed E-state index contributed by atoms with van der Waals surface area (Å²) in [6.07, 6.45) is 3.50. The van der Waals surface area contributed by atoms with Crippen molar-refractivity contribution in [1.82, 2.24) is 9.97 Å². The number of benzene rings is 2. The highest BCUT2D eigenvalue weighted by Gasteiger charge is 2.05. The minimum absolute atomic E-state index is 0.162. The predicted octanol–water partition coefficient (Wildman–Crippen LogP) is 5.57. The van der Waals surface area contributed by atoms with E-state index < -0.39 is 0 Å². The summed E-state index contributed by atoms with van der Waals surface area (Å²) in [6, 6.07) is 18.4. The summed E-state index contributed by atoms with van der Waals surface area (Å²) >= 11 is 11.9. The van der Waals surface area contributed by atoms with Crippen LogP contribution in [0.15, 0.2) is 60.8 Å². The van der Waals surface area contributed by atoms with Crippen molar-refractivity contribution in [3.63, 3.8) is 0 Å². The summed E-state index contributed by atoms with van der Waals surface area (Å²) in [7, 11) is 0. The molecule has 2 N–H and O–H groups in total. The molecule has 1 heterocycles. The Morgan fingerprint density at radius 3 is 2.56 bits per heavy atom. The van der Waals surface area contributed by atoms with E-state index in [2.05, 4.69) is 44.9 Å². The lowest BCUT2D eigenvalue weighted by Crippen LogP contribution is -2.03. The highest BCUT2D eigenvalue weighted by molar-refractivity contribution is 6.33. The van der Waals surface area contributed by atoms with Crippen LogP contribution in [0.4, 0.5) is 17.2 Å². The van der Waals surface area contributed by atoms with Gasteiger partial charge in [-0.25, -0.2) is 4.98 Å². The summed E-state index contributed by atoms with van der Waals surface area (Å²) in [5, 5.41) is 7.20. The van der Waals surface area contributed by atoms with E-state index in [1.54, 1.807) is 0 Å². The molecule has 0 bridgehead atoms. The van der Waals surface area contributed by atoms with Gasteiger partial charge in [0.1, 0.15) is 5.02 Å². The van der Waals surface area contributed by atoms with Gasteiger partial charge in [0, 0.05) is 17.9 Å². The third kappa shape index (κ3) is 5.34. The second kappa shape index (κ2) is 8.70. The Morgan fingerprint density at radius 2 is 1.72 bits per heavy atom. The third-order valence-electron chi connectivity index (χ3n) is 3.65. The minimum Gasteiger partial charge on any atom is -0.385 e. The van der Waals surface area contributed by atoms with Crippen molar-refractivity contribution in [3.05, 3.63) is 76.7 Å². The maximum Gasteiger partial charge on any atom is 0.224 e. The van der Waals surface area contributed by atoms with E-state index in [4.69, 9.17) is 23.2 Å². The first kappa shape index (κ1) is 17.5. The normalized spacial score (nSPS) is 10.5. The second-order valence-corrected chi connectivity index (χ2v) is 6.30. The van der Waals surface area contributed by atoms with Crippen LogP contribution in [0.2, 0.25) is 10.3 Å². The number of hydrogen-bond acceptors (Lipinski definition) is 4. The Balaban J connectivity index is 1.55. The lowest BCUT2D eigenvalue weighted by molar-refractivity contribution is 0.863. The SMILES string of the molecule is Clc1ncc(Cl)c(Nc2cccc(CCCNc3ccccc3)c2)n1. The second-order valence-electron chi connectivity index (χ2n) is 5.56. The smallest absolute Gasteiger partial charge is 0.224 e. The number of hydrogen-bond donors (Lipinski definition) is 2. The van der Waals surface area contributed by atoms with Gasteiger partial charge in [0.2, 0.25) is 5.28 Å². The fourth-order valence-corrected chi connectivity index (χ4v) is 2.73. The number of nitrogens with zero attached hydrogens (tertiary/aromatic N) is 2. The average molecular weight is 373 g/mol. The Morgan fingerprint density at radius 1 is 0.920 bits per heavy atom. The van der Waals surface area contributed by atoms with Gasteiger partial charge in [-0.3, -0.25) is 0 Å². The van der Waals surface area contributed by atoms with Gasteiger partial charge >= 0.3 is 0 Å². The molecule has 128 valence electrons. The first-order valence-electron chi connectivity index (χ1n) is 8.03. The molecular weight excluding hydrogens is 355 g/mol. The fourth-order valence-electron chi connectivity index (χ4n) is 2.46. The molecule has 4 nitrogen and oxygen atoms in total. The topological polar surface area (TPSA) is 49.8 Å². The third-order valence-corrected chi connectivity index (χ3v) is 4.11. The molecule has 0 atom stereocenters. The summed E-state index contributed by atoms with van der Waals surface area (Å²) in [6.45, 7) is 0.926. The zero-order valence-electron chi connectivity index (χ0n) is 13.5. The minimum atomic E-state index is 0.162. The van der Waals surface area contributed by atoms with Crippen LogP contribution >= 0.6 is 23.2 Å². The lowest BCUT2D eigenvalue weighted by Gasteiger charge is -2.10. The molecule has 0 spiro atoms. The lowest BCUT2D eigenvalue weighted by atomic mass is 10.1. The molecule has 0 unspecified atom stereocenters. The summed E-state index contributed by atoms with van der Waals surface area (Å²) < 4.78 is 0. The van der Waals surface area contributed by atoms with E-state index in [0.717, 1.165) is 30.8 Å². The zero-order valence-corrected chi connectivity index (χ0v) is 15.1. The number of aryl methyl sites for hydroxylation is 1. The van der Waals surface area contributed by atoms with Gasteiger partial charge < -0.3 is 10.6 Å². The zero-order chi connectivity index (χ0) is 17.5. The van der Waals surface area contributed by atoms with E-state index in [1.807, 2.05) is 30.3 Å². The van der Waals surface area contributed by atoms with Crippen molar-refractivity contribution in [3.8, 4) is 0 Å². The molecule has 0 aliphatic rings. The van der Waals surface area contributed by atoms with Gasteiger partial charge in [0.25, 0.3) is 0 Å². The molecule has 3 aromatic rings. The fraction of sp³-hybridized carbons (Fsp3) is 0.158. The van der Waals surface area contributed by atoms with Crippen LogP contribution < -0.4 is 10.6 Å². The van der Waals surface area contributed by atoms with Crippen LogP contribution in [0.5, 0.6) is 0 Å². The summed E-state index contributed by atoms with van der Waals surface area (Å²) in [5.74, 6) is 0.504. The van der Waals surface area contributed by atoms with Crippen molar-refractivity contribution >= 4 is 40.4 Å². The molecular formula is C19H18Cl2N4. The number of aromatic nitrogens is 2. The van der Waals surface area contributed by atoms with E-state index in [0.29, 0.717) is 10.8 Å². The van der Waals surface area contributed by atoms with Crippen molar-refractivity contribution in [2.75, 3.05) is 17.2 Å². The molecule has 1 aromatic heterocycles. The predicted molar refractivity (Wildman–Crippen MR) is 105 cm³/mol. The van der Waals surface area contributed by atoms with Crippen molar-refractivity contribution < 1.29 is 0 Å². The number of anilines is 3. The maximum atomic E-state index is 6.09. The van der Waals surface area contributed by atoms with Crippen molar-refractivity contribution in [1.29, 1.82) is 0 Å². The molecule has 0 aliphatic heterocycles. The molecule has 3 rings (SSSR count). The standard InChI is InChI=1S/C19H18Cl2N4/c20-17-13-23-19(21)25-18(17)24-16-10-4-6-14(12-16)7-5-11-22-15-8-2-1-3-9-15/h1-4,6,8-10,12-13,22H,5,7,11H2,(H,23,24,25). The van der Waals surface area contributed by atoms with E-state index >= 15 is 0 Å². The van der Waals surface area contributed by atoms with Crippen LogP contribution in [0, 0.1) is 0 Å². The molecule has 0 saturated carbocycles. The quantitative estimate of drug-likeness (QED) is 0.420. The van der Waals surface area contributed by atoms with Gasteiger partial charge in [0.15, 0.2) is 5.82 Å². The van der Waals surface area contributed by atoms with Gasteiger partial charge in [0.05, 0.1) is 6.20 Å². The number of para-hydroxylation sites is 1. The molecule has 25 heavy (non-hydrogen) atoms. The highest BCUT2D eigenvalue weighted by Crippen LogP contribution is 2.24. The Hall–Kier alpha value is -2.30. The molecule has 0 radical (unpaired) electrons. The monoisotopic (exact) mass is 372 g/mol. The average Bonchev–Trinajstić information content (AvgIpc) is 2.63. The number of halogens is 2. The van der Waals surface area contributed by atoms with Crippen LogP contribution in [0.1, 0.15) is 12.0 Å². The van der Waals surface area contributed by atoms with Crippen molar-refractivity contribution in [2.45, 2.75) is 12.8 Å². The van der Waals surface area contributed by atoms with E-state index in [9.17, 15) is 0 Å². The van der Waals surface area contributed by atoms with Gasteiger partial charge in [-0.2, -0.15) is 4.98 Å². The van der Waals surface area contributed by atoms with E-state index in [1.165, 1.54) is 11.8 Å². The Kier molecular flexibility index (Phi) is 6.09. The van der Waals surface area contributed by atoms with Crippen molar-refractivity contribution in [2.24, 2.45) is 0 Å². The Labute approximate surface area is 157 Å². The largest absolute Gasteiger partial charge is 0.385 e. The molecule has 0 aliphatic carbocycles. The van der Waals surface area contributed by atoms with Crippen LogP contribution in [-0.4, -0.2) is 16.5 Å². The van der Waals surface area contributed by atoms with Crippen LogP contribution in [-0.2, 0) is 6.42 Å². The van der Waals surface area contributed by atoms with Gasteiger partial charge in [-0.15, -0.1) is 0 Å². The molecule has 6 heteroatoms. The maximum absolute atomic E-state index is 6.09. The van der Waals surface area contributed by atoms with Crippen LogP contribution in [0.3, 0.4) is 0 Å². The van der Waals surface area contributed by atoms with E-state index in [-0.39, 0.29) is 5.28 Å². The van der Waals surface area contributed by atoms with Crippen LogP contribution in [0.25, 0.3) is 0 Å². The summed E-state index contributed by atoms with van der Waals surface area (Å²) in [4.78, 5) is 7.96. The first-order chi connectivity index (χ1) is 12.2. The molecule has 0 fully saturated rings. The first-order valence-corrected chi connectivity index (χ1v) is 8.79. The molecule has 2 aromatic carbocycles.